The lowest BCUT2D eigenvalue weighted by Crippen LogP contribution is -2.26. The molecule has 17 heavy (non-hydrogen) atoms. The number of hydrogen-bond donors (Lipinski definition) is 1. The molecule has 0 bridgehead atoms. The predicted octanol–water partition coefficient (Wildman–Crippen LogP) is 2.65. The van der Waals surface area contributed by atoms with E-state index in [0.29, 0.717) is 6.61 Å². The van der Waals surface area contributed by atoms with Crippen LogP contribution in [0.2, 0.25) is 0 Å². The summed E-state index contributed by atoms with van der Waals surface area (Å²) in [7, 11) is 0. The summed E-state index contributed by atoms with van der Waals surface area (Å²) >= 11 is 0. The van der Waals surface area contributed by atoms with Crippen molar-refractivity contribution >= 4 is 5.97 Å². The van der Waals surface area contributed by atoms with Crippen molar-refractivity contribution in [2.45, 2.75) is 38.7 Å². The zero-order valence-corrected chi connectivity index (χ0v) is 10.3. The van der Waals surface area contributed by atoms with Crippen molar-refractivity contribution < 1.29 is 14.6 Å². The van der Waals surface area contributed by atoms with Gasteiger partial charge in [0.15, 0.2) is 0 Å². The van der Waals surface area contributed by atoms with Crippen LogP contribution in [0.3, 0.4) is 0 Å². The van der Waals surface area contributed by atoms with Crippen LogP contribution in [0.4, 0.5) is 0 Å². The van der Waals surface area contributed by atoms with E-state index in [9.17, 15) is 9.90 Å². The zero-order chi connectivity index (χ0) is 12.4. The van der Waals surface area contributed by atoms with Gasteiger partial charge in [-0.1, -0.05) is 23.8 Å². The van der Waals surface area contributed by atoms with Gasteiger partial charge in [0, 0.05) is 6.61 Å². The number of carboxylic acid groups (broad SMARTS) is 1. The maximum absolute atomic E-state index is 11.5. The summed E-state index contributed by atoms with van der Waals surface area (Å²) in [4.78, 5) is 11.5. The largest absolute Gasteiger partial charge is 0.481 e. The third-order valence-electron chi connectivity index (χ3n) is 3.37. The number of ether oxygens (including phenoxy) is 1. The van der Waals surface area contributed by atoms with Crippen LogP contribution in [0.15, 0.2) is 18.2 Å². The average molecular weight is 234 g/mol. The highest BCUT2D eigenvalue weighted by Crippen LogP contribution is 2.31. The fourth-order valence-corrected chi connectivity index (χ4v) is 2.45. The van der Waals surface area contributed by atoms with Gasteiger partial charge in [-0.05, 0) is 37.8 Å². The van der Waals surface area contributed by atoms with E-state index in [1.807, 2.05) is 32.0 Å². The van der Waals surface area contributed by atoms with Gasteiger partial charge in [0.25, 0.3) is 0 Å². The molecule has 2 atom stereocenters. The molecule has 0 amide bonds. The van der Waals surface area contributed by atoms with Crippen LogP contribution in [0.1, 0.15) is 35.4 Å². The standard InChI is InChI=1S/C14H18O3/c1-9-5-6-10(2)11(8-9)13(14(15)16)12-4-3-7-17-12/h5-6,8,12-13H,3-4,7H2,1-2H3,(H,15,16). The molecule has 0 aliphatic carbocycles. The molecule has 1 aromatic rings. The fraction of sp³-hybridized carbons (Fsp3) is 0.500. The van der Waals surface area contributed by atoms with Crippen LogP contribution >= 0.6 is 0 Å². The lowest BCUT2D eigenvalue weighted by molar-refractivity contribution is -0.141. The van der Waals surface area contributed by atoms with E-state index in [4.69, 9.17) is 4.74 Å². The molecule has 0 saturated carbocycles. The van der Waals surface area contributed by atoms with Gasteiger partial charge in [-0.25, -0.2) is 0 Å². The Bertz CT molecular complexity index is 419. The Labute approximate surface area is 101 Å². The summed E-state index contributed by atoms with van der Waals surface area (Å²) in [5, 5.41) is 9.42. The zero-order valence-electron chi connectivity index (χ0n) is 10.3. The van der Waals surface area contributed by atoms with E-state index < -0.39 is 11.9 Å². The van der Waals surface area contributed by atoms with Crippen LogP contribution in [-0.2, 0) is 9.53 Å². The fourth-order valence-electron chi connectivity index (χ4n) is 2.45. The molecule has 0 spiro atoms. The molecular formula is C14H18O3. The summed E-state index contributed by atoms with van der Waals surface area (Å²) in [5.41, 5.74) is 3.01. The first-order chi connectivity index (χ1) is 8.09. The second-order valence-corrected chi connectivity index (χ2v) is 4.73. The first kappa shape index (κ1) is 12.1. The first-order valence-corrected chi connectivity index (χ1v) is 6.01. The molecular weight excluding hydrogens is 216 g/mol. The monoisotopic (exact) mass is 234 g/mol. The van der Waals surface area contributed by atoms with Crippen molar-refractivity contribution in [1.82, 2.24) is 0 Å². The van der Waals surface area contributed by atoms with Gasteiger partial charge in [-0.3, -0.25) is 4.79 Å². The van der Waals surface area contributed by atoms with E-state index in [1.54, 1.807) is 0 Å². The second kappa shape index (κ2) is 4.88. The summed E-state index contributed by atoms with van der Waals surface area (Å²) in [6.45, 7) is 4.62. The summed E-state index contributed by atoms with van der Waals surface area (Å²) in [6.07, 6.45) is 1.62. The molecule has 1 aliphatic heterocycles. The minimum Gasteiger partial charge on any atom is -0.481 e. The Kier molecular flexibility index (Phi) is 3.48. The van der Waals surface area contributed by atoms with E-state index in [2.05, 4.69) is 0 Å². The quantitative estimate of drug-likeness (QED) is 0.874. The Morgan fingerprint density at radius 3 is 2.82 bits per heavy atom. The van der Waals surface area contributed by atoms with Gasteiger partial charge in [0.2, 0.25) is 0 Å². The molecule has 2 unspecified atom stereocenters. The molecule has 1 N–H and O–H groups in total. The Morgan fingerprint density at radius 2 is 2.24 bits per heavy atom. The molecule has 1 heterocycles. The predicted molar refractivity (Wildman–Crippen MR) is 65.3 cm³/mol. The van der Waals surface area contributed by atoms with Gasteiger partial charge in [0.05, 0.1) is 6.10 Å². The number of hydrogen-bond acceptors (Lipinski definition) is 2. The number of aryl methyl sites for hydroxylation is 2. The summed E-state index contributed by atoms with van der Waals surface area (Å²) < 4.78 is 5.54. The van der Waals surface area contributed by atoms with E-state index >= 15 is 0 Å². The molecule has 1 saturated heterocycles. The van der Waals surface area contributed by atoms with Crippen molar-refractivity contribution in [3.8, 4) is 0 Å². The molecule has 1 fully saturated rings. The average Bonchev–Trinajstić information content (AvgIpc) is 2.76. The maximum atomic E-state index is 11.5. The Balaban J connectivity index is 2.37. The Hall–Kier alpha value is -1.35. The van der Waals surface area contributed by atoms with Crippen LogP contribution in [0, 0.1) is 13.8 Å². The highest BCUT2D eigenvalue weighted by Gasteiger charge is 2.33. The van der Waals surface area contributed by atoms with Crippen LogP contribution in [0.5, 0.6) is 0 Å². The van der Waals surface area contributed by atoms with Gasteiger partial charge >= 0.3 is 5.97 Å². The third kappa shape index (κ3) is 2.50. The first-order valence-electron chi connectivity index (χ1n) is 6.01. The molecule has 0 radical (unpaired) electrons. The molecule has 1 aliphatic rings. The number of benzene rings is 1. The lowest BCUT2D eigenvalue weighted by Gasteiger charge is -2.21. The highest BCUT2D eigenvalue weighted by atomic mass is 16.5. The van der Waals surface area contributed by atoms with E-state index in [-0.39, 0.29) is 6.10 Å². The second-order valence-electron chi connectivity index (χ2n) is 4.73. The molecule has 3 heteroatoms. The van der Waals surface area contributed by atoms with Crippen molar-refractivity contribution in [2.75, 3.05) is 6.61 Å². The lowest BCUT2D eigenvalue weighted by atomic mass is 9.88. The van der Waals surface area contributed by atoms with Gasteiger partial charge in [-0.15, -0.1) is 0 Å². The summed E-state index contributed by atoms with van der Waals surface area (Å²) in [5.74, 6) is -1.32. The van der Waals surface area contributed by atoms with Crippen molar-refractivity contribution in [3.05, 3.63) is 34.9 Å². The minimum atomic E-state index is -0.786. The molecule has 92 valence electrons. The van der Waals surface area contributed by atoms with Crippen molar-refractivity contribution in [1.29, 1.82) is 0 Å². The van der Waals surface area contributed by atoms with Crippen molar-refractivity contribution in [2.24, 2.45) is 0 Å². The minimum absolute atomic E-state index is 0.173. The normalized spacial score (nSPS) is 21.4. The smallest absolute Gasteiger partial charge is 0.313 e. The number of aliphatic carboxylic acids is 1. The van der Waals surface area contributed by atoms with Crippen LogP contribution in [0.25, 0.3) is 0 Å². The topological polar surface area (TPSA) is 46.5 Å². The molecule has 2 rings (SSSR count). The maximum Gasteiger partial charge on any atom is 0.313 e. The van der Waals surface area contributed by atoms with Gasteiger partial charge < -0.3 is 9.84 Å². The molecule has 3 nitrogen and oxygen atoms in total. The van der Waals surface area contributed by atoms with Crippen LogP contribution < -0.4 is 0 Å². The van der Waals surface area contributed by atoms with Crippen LogP contribution in [-0.4, -0.2) is 23.8 Å². The van der Waals surface area contributed by atoms with Gasteiger partial charge in [0.1, 0.15) is 5.92 Å². The number of rotatable bonds is 3. The van der Waals surface area contributed by atoms with Crippen molar-refractivity contribution in [3.63, 3.8) is 0 Å². The summed E-state index contributed by atoms with van der Waals surface area (Å²) in [6, 6.07) is 5.96. The Morgan fingerprint density at radius 1 is 1.47 bits per heavy atom. The van der Waals surface area contributed by atoms with E-state index in [0.717, 1.165) is 29.5 Å². The highest BCUT2D eigenvalue weighted by molar-refractivity contribution is 5.77. The third-order valence-corrected chi connectivity index (χ3v) is 3.37. The number of carbonyl (C=O) groups is 1. The molecule has 1 aromatic carbocycles. The number of carboxylic acids is 1. The molecule has 0 aromatic heterocycles. The van der Waals surface area contributed by atoms with Gasteiger partial charge in [-0.2, -0.15) is 0 Å². The van der Waals surface area contributed by atoms with E-state index in [1.165, 1.54) is 0 Å². The SMILES string of the molecule is Cc1ccc(C)c(C(C(=O)O)C2CCCO2)c1.